The molecule has 1 heterocycles. The van der Waals surface area contributed by atoms with Gasteiger partial charge in [-0.15, -0.1) is 0 Å². The van der Waals surface area contributed by atoms with Gasteiger partial charge in [-0.1, -0.05) is 6.07 Å². The van der Waals surface area contributed by atoms with Gasteiger partial charge in [0.2, 0.25) is 5.22 Å². The summed E-state index contributed by atoms with van der Waals surface area (Å²) >= 11 is 5.69. The number of nitrogens with one attached hydrogen (secondary N) is 1. The van der Waals surface area contributed by atoms with E-state index in [9.17, 15) is 9.59 Å². The second-order valence-corrected chi connectivity index (χ2v) is 4.24. The van der Waals surface area contributed by atoms with E-state index in [1.54, 1.807) is 19.1 Å². The molecule has 0 aliphatic carbocycles. The van der Waals surface area contributed by atoms with Crippen LogP contribution < -0.4 is 5.32 Å². The van der Waals surface area contributed by atoms with Gasteiger partial charge in [0.05, 0.1) is 17.4 Å². The van der Waals surface area contributed by atoms with Crippen LogP contribution in [-0.2, 0) is 0 Å². The molecule has 19 heavy (non-hydrogen) atoms. The Morgan fingerprint density at radius 2 is 2.00 bits per heavy atom. The first-order chi connectivity index (χ1) is 8.99. The Bertz CT molecular complexity index is 648. The Hall–Kier alpha value is -2.27. The molecule has 0 aliphatic rings. The van der Waals surface area contributed by atoms with Gasteiger partial charge in [0.25, 0.3) is 5.91 Å². The number of anilines is 1. The number of furan rings is 1. The summed E-state index contributed by atoms with van der Waals surface area (Å²) in [5.74, 6) is -1.51. The molecule has 1 aromatic heterocycles. The SMILES string of the molecule is Cc1ccc(NC(=O)c2ccoc2Cl)cc1C(=O)O. The molecule has 2 aromatic rings. The molecule has 0 aliphatic heterocycles. The average molecular weight is 280 g/mol. The molecular formula is C13H10ClNO4. The van der Waals surface area contributed by atoms with Gasteiger partial charge >= 0.3 is 5.97 Å². The fourth-order valence-electron chi connectivity index (χ4n) is 1.58. The zero-order valence-corrected chi connectivity index (χ0v) is 10.7. The van der Waals surface area contributed by atoms with E-state index < -0.39 is 11.9 Å². The van der Waals surface area contributed by atoms with Crippen LogP contribution in [0.5, 0.6) is 0 Å². The largest absolute Gasteiger partial charge is 0.478 e. The number of hydrogen-bond acceptors (Lipinski definition) is 3. The number of carbonyl (C=O) groups excluding carboxylic acids is 1. The van der Waals surface area contributed by atoms with Crippen LogP contribution >= 0.6 is 11.6 Å². The summed E-state index contributed by atoms with van der Waals surface area (Å²) < 4.78 is 4.81. The van der Waals surface area contributed by atoms with E-state index >= 15 is 0 Å². The van der Waals surface area contributed by atoms with Crippen LogP contribution in [0.2, 0.25) is 5.22 Å². The molecule has 1 amide bonds. The molecule has 5 nitrogen and oxygen atoms in total. The molecular weight excluding hydrogens is 270 g/mol. The van der Waals surface area contributed by atoms with E-state index in [1.807, 2.05) is 0 Å². The van der Waals surface area contributed by atoms with Crippen molar-refractivity contribution in [2.24, 2.45) is 0 Å². The minimum Gasteiger partial charge on any atom is -0.478 e. The lowest BCUT2D eigenvalue weighted by Crippen LogP contribution is -2.12. The number of benzene rings is 1. The molecule has 1 aromatic carbocycles. The number of aryl methyl sites for hydroxylation is 1. The molecule has 0 saturated heterocycles. The van der Waals surface area contributed by atoms with Crippen LogP contribution in [0, 0.1) is 6.92 Å². The van der Waals surface area contributed by atoms with Gasteiger partial charge in [0.15, 0.2) is 0 Å². The summed E-state index contributed by atoms with van der Waals surface area (Å²) in [5.41, 5.74) is 1.33. The van der Waals surface area contributed by atoms with Crippen LogP contribution in [-0.4, -0.2) is 17.0 Å². The van der Waals surface area contributed by atoms with Crippen molar-refractivity contribution in [1.82, 2.24) is 0 Å². The molecule has 2 N–H and O–H groups in total. The van der Waals surface area contributed by atoms with Crippen molar-refractivity contribution >= 4 is 29.2 Å². The molecule has 0 saturated carbocycles. The van der Waals surface area contributed by atoms with Crippen LogP contribution in [0.15, 0.2) is 34.9 Å². The van der Waals surface area contributed by atoms with Crippen molar-refractivity contribution < 1.29 is 19.1 Å². The summed E-state index contributed by atoms with van der Waals surface area (Å²) in [6.45, 7) is 1.68. The molecule has 2 rings (SSSR count). The standard InChI is InChI=1S/C13H10ClNO4/c1-7-2-3-8(6-10(7)13(17)18)15-12(16)9-4-5-19-11(9)14/h2-6H,1H3,(H,15,16)(H,17,18). The Labute approximate surface area is 113 Å². The number of carboxylic acids is 1. The maximum atomic E-state index is 11.9. The highest BCUT2D eigenvalue weighted by atomic mass is 35.5. The predicted octanol–water partition coefficient (Wildman–Crippen LogP) is 3.19. The van der Waals surface area contributed by atoms with E-state index in [-0.39, 0.29) is 16.3 Å². The molecule has 0 unspecified atom stereocenters. The number of amides is 1. The highest BCUT2D eigenvalue weighted by Crippen LogP contribution is 2.20. The highest BCUT2D eigenvalue weighted by Gasteiger charge is 2.14. The fourth-order valence-corrected chi connectivity index (χ4v) is 1.78. The van der Waals surface area contributed by atoms with E-state index in [2.05, 4.69) is 5.32 Å². The third-order valence-corrected chi connectivity index (χ3v) is 2.88. The molecule has 0 radical (unpaired) electrons. The summed E-state index contributed by atoms with van der Waals surface area (Å²) in [7, 11) is 0. The van der Waals surface area contributed by atoms with Crippen molar-refractivity contribution in [1.29, 1.82) is 0 Å². The third kappa shape index (κ3) is 2.77. The summed E-state index contributed by atoms with van der Waals surface area (Å²) in [4.78, 5) is 22.9. The zero-order chi connectivity index (χ0) is 14.0. The summed E-state index contributed by atoms with van der Waals surface area (Å²) in [6, 6.07) is 6.07. The molecule has 98 valence electrons. The van der Waals surface area contributed by atoms with Crippen LogP contribution in [0.3, 0.4) is 0 Å². The van der Waals surface area contributed by atoms with Crippen molar-refractivity contribution in [3.05, 3.63) is 52.4 Å². The predicted molar refractivity (Wildman–Crippen MR) is 69.8 cm³/mol. The van der Waals surface area contributed by atoms with Gasteiger partial charge in [-0.3, -0.25) is 4.79 Å². The quantitative estimate of drug-likeness (QED) is 0.904. The molecule has 0 spiro atoms. The smallest absolute Gasteiger partial charge is 0.336 e. The summed E-state index contributed by atoms with van der Waals surface area (Å²) in [5, 5.41) is 11.6. The first-order valence-corrected chi connectivity index (χ1v) is 5.75. The van der Waals surface area contributed by atoms with E-state index in [1.165, 1.54) is 18.4 Å². The average Bonchev–Trinajstić information content (AvgIpc) is 2.77. The number of aromatic carboxylic acids is 1. The number of hydrogen-bond donors (Lipinski definition) is 2. The molecule has 0 fully saturated rings. The number of carbonyl (C=O) groups is 2. The Kier molecular flexibility index (Phi) is 3.57. The van der Waals surface area contributed by atoms with Gasteiger partial charge in [-0.25, -0.2) is 4.79 Å². The minimum absolute atomic E-state index is 0.0110. The Morgan fingerprint density at radius 1 is 1.26 bits per heavy atom. The van der Waals surface area contributed by atoms with Gasteiger partial charge in [0.1, 0.15) is 0 Å². The van der Waals surface area contributed by atoms with Gasteiger partial charge in [-0.2, -0.15) is 0 Å². The van der Waals surface area contributed by atoms with E-state index in [0.29, 0.717) is 11.3 Å². The Morgan fingerprint density at radius 3 is 2.58 bits per heavy atom. The monoisotopic (exact) mass is 279 g/mol. The van der Waals surface area contributed by atoms with Gasteiger partial charge in [0, 0.05) is 5.69 Å². The van der Waals surface area contributed by atoms with Gasteiger partial charge < -0.3 is 14.8 Å². The van der Waals surface area contributed by atoms with Crippen molar-refractivity contribution in [2.75, 3.05) is 5.32 Å². The lowest BCUT2D eigenvalue weighted by atomic mass is 10.1. The van der Waals surface area contributed by atoms with Crippen molar-refractivity contribution in [3.8, 4) is 0 Å². The van der Waals surface area contributed by atoms with Crippen LogP contribution in [0.4, 0.5) is 5.69 Å². The van der Waals surface area contributed by atoms with Crippen LogP contribution in [0.25, 0.3) is 0 Å². The molecule has 0 atom stereocenters. The maximum Gasteiger partial charge on any atom is 0.336 e. The van der Waals surface area contributed by atoms with E-state index in [0.717, 1.165) is 0 Å². The normalized spacial score (nSPS) is 10.2. The maximum absolute atomic E-state index is 11.9. The summed E-state index contributed by atoms with van der Waals surface area (Å²) in [6.07, 6.45) is 1.30. The van der Waals surface area contributed by atoms with E-state index in [4.69, 9.17) is 21.1 Å². The molecule has 6 heteroatoms. The van der Waals surface area contributed by atoms with Crippen LogP contribution in [0.1, 0.15) is 26.3 Å². The van der Waals surface area contributed by atoms with Crippen molar-refractivity contribution in [3.63, 3.8) is 0 Å². The highest BCUT2D eigenvalue weighted by molar-refractivity contribution is 6.32. The molecule has 0 bridgehead atoms. The van der Waals surface area contributed by atoms with Crippen molar-refractivity contribution in [2.45, 2.75) is 6.92 Å². The second kappa shape index (κ2) is 5.16. The minimum atomic E-state index is -1.05. The number of halogens is 1. The zero-order valence-electron chi connectivity index (χ0n) is 9.94. The Balaban J connectivity index is 2.25. The number of rotatable bonds is 3. The topological polar surface area (TPSA) is 79.5 Å². The fraction of sp³-hybridized carbons (Fsp3) is 0.0769. The first kappa shape index (κ1) is 13.2. The lowest BCUT2D eigenvalue weighted by molar-refractivity contribution is 0.0695. The lowest BCUT2D eigenvalue weighted by Gasteiger charge is -2.07. The number of carboxylic acid groups (broad SMARTS) is 1. The van der Waals surface area contributed by atoms with Gasteiger partial charge in [-0.05, 0) is 42.3 Å². The first-order valence-electron chi connectivity index (χ1n) is 5.37. The second-order valence-electron chi connectivity index (χ2n) is 3.90. The third-order valence-electron chi connectivity index (χ3n) is 2.59.